The minimum Gasteiger partial charge on any atom is -0.295 e. The molecule has 0 bridgehead atoms. The lowest BCUT2D eigenvalue weighted by atomic mass is 10.1. The van der Waals surface area contributed by atoms with Crippen molar-refractivity contribution < 1.29 is 0 Å². The highest BCUT2D eigenvalue weighted by Gasteiger charge is 2.15. The number of aryl methyl sites for hydroxylation is 1. The van der Waals surface area contributed by atoms with Crippen LogP contribution < -0.4 is 0 Å². The number of halogens is 1. The summed E-state index contributed by atoms with van der Waals surface area (Å²) in [5, 5.41) is 6.74. The van der Waals surface area contributed by atoms with Gasteiger partial charge in [0.05, 0.1) is 6.21 Å². The van der Waals surface area contributed by atoms with Gasteiger partial charge in [0, 0.05) is 37.2 Å². The van der Waals surface area contributed by atoms with E-state index in [1.165, 1.54) is 16.7 Å². The third-order valence-electron chi connectivity index (χ3n) is 4.32. The van der Waals surface area contributed by atoms with Gasteiger partial charge in [-0.3, -0.25) is 9.91 Å². The minimum absolute atomic E-state index is 0.966. The molecule has 1 aliphatic heterocycles. The lowest BCUT2D eigenvalue weighted by Crippen LogP contribution is -2.43. The first-order valence-electron chi connectivity index (χ1n) is 8.68. The first-order valence-corrected chi connectivity index (χ1v) is 9.47. The molecule has 0 radical (unpaired) electrons. The smallest absolute Gasteiger partial charge is 0.0612 e. The average molecular weight is 398 g/mol. The van der Waals surface area contributed by atoms with E-state index < -0.39 is 0 Å². The quantitative estimate of drug-likeness (QED) is 0.689. The van der Waals surface area contributed by atoms with Crippen LogP contribution in [0.5, 0.6) is 0 Å². The van der Waals surface area contributed by atoms with Crippen molar-refractivity contribution in [3.63, 3.8) is 0 Å². The molecule has 0 N–H and O–H groups in total. The molecule has 0 amide bonds. The van der Waals surface area contributed by atoms with Gasteiger partial charge in [0.25, 0.3) is 0 Å². The Hall–Kier alpha value is -1.91. The summed E-state index contributed by atoms with van der Waals surface area (Å²) in [5.74, 6) is 0. The van der Waals surface area contributed by atoms with Crippen molar-refractivity contribution in [1.29, 1.82) is 0 Å². The second-order valence-electron chi connectivity index (χ2n) is 6.40. The number of allylic oxidation sites excluding steroid dienone is 1. The van der Waals surface area contributed by atoms with Crippen molar-refractivity contribution >= 4 is 28.2 Å². The zero-order valence-corrected chi connectivity index (χ0v) is 16.2. The van der Waals surface area contributed by atoms with Crippen LogP contribution in [0.4, 0.5) is 0 Å². The number of hydrazone groups is 1. The van der Waals surface area contributed by atoms with Crippen LogP contribution >= 0.6 is 15.9 Å². The van der Waals surface area contributed by atoms with Crippen LogP contribution in [-0.4, -0.2) is 42.3 Å². The molecule has 2 aromatic rings. The first kappa shape index (κ1) is 17.9. The first-order chi connectivity index (χ1) is 12.2. The van der Waals surface area contributed by atoms with Crippen molar-refractivity contribution in [2.75, 3.05) is 26.2 Å². The Morgan fingerprint density at radius 2 is 1.68 bits per heavy atom. The fourth-order valence-corrected chi connectivity index (χ4v) is 3.20. The van der Waals surface area contributed by atoms with E-state index in [9.17, 15) is 0 Å². The molecular weight excluding hydrogens is 374 g/mol. The number of nitrogens with zero attached hydrogens (tertiary/aromatic N) is 3. The molecule has 1 saturated heterocycles. The number of hydrogen-bond donors (Lipinski definition) is 0. The lowest BCUT2D eigenvalue weighted by molar-refractivity contribution is 0.131. The summed E-state index contributed by atoms with van der Waals surface area (Å²) in [5.41, 5.74) is 3.87. The highest BCUT2D eigenvalue weighted by Crippen LogP contribution is 2.12. The molecule has 0 aromatic heterocycles. The normalized spacial score (nSPS) is 16.6. The molecule has 1 aliphatic rings. The van der Waals surface area contributed by atoms with E-state index in [1.807, 2.05) is 24.4 Å². The molecule has 3 rings (SSSR count). The van der Waals surface area contributed by atoms with Gasteiger partial charge in [0.1, 0.15) is 0 Å². The van der Waals surface area contributed by atoms with E-state index in [-0.39, 0.29) is 0 Å². The molecule has 2 aromatic carbocycles. The molecule has 4 heteroatoms. The van der Waals surface area contributed by atoms with E-state index in [1.54, 1.807) is 0 Å². The molecule has 0 aliphatic carbocycles. The molecule has 25 heavy (non-hydrogen) atoms. The number of benzene rings is 2. The molecule has 1 fully saturated rings. The van der Waals surface area contributed by atoms with E-state index in [2.05, 4.69) is 80.3 Å². The van der Waals surface area contributed by atoms with Gasteiger partial charge in [0.15, 0.2) is 0 Å². The van der Waals surface area contributed by atoms with Crippen molar-refractivity contribution in [1.82, 2.24) is 9.91 Å². The number of piperazine rings is 1. The van der Waals surface area contributed by atoms with Crippen LogP contribution in [0, 0.1) is 6.92 Å². The maximum atomic E-state index is 4.60. The monoisotopic (exact) mass is 397 g/mol. The summed E-state index contributed by atoms with van der Waals surface area (Å²) in [4.78, 5) is 2.49. The number of rotatable bonds is 5. The molecule has 0 atom stereocenters. The lowest BCUT2D eigenvalue weighted by Gasteiger charge is -2.33. The Morgan fingerprint density at radius 3 is 2.36 bits per heavy atom. The molecular formula is C21H24BrN3. The van der Waals surface area contributed by atoms with Gasteiger partial charge in [-0.15, -0.1) is 0 Å². The van der Waals surface area contributed by atoms with E-state index in [0.29, 0.717) is 0 Å². The van der Waals surface area contributed by atoms with Crippen LogP contribution in [0.15, 0.2) is 64.2 Å². The van der Waals surface area contributed by atoms with Crippen LogP contribution in [0.25, 0.3) is 6.08 Å². The Balaban J connectivity index is 1.47. The molecule has 0 spiro atoms. The Bertz CT molecular complexity index is 715. The van der Waals surface area contributed by atoms with E-state index in [4.69, 9.17) is 0 Å². The van der Waals surface area contributed by atoms with Crippen LogP contribution in [0.3, 0.4) is 0 Å². The highest BCUT2D eigenvalue weighted by atomic mass is 79.9. The topological polar surface area (TPSA) is 18.8 Å². The molecule has 1 heterocycles. The predicted molar refractivity (Wildman–Crippen MR) is 110 cm³/mol. The zero-order chi connectivity index (χ0) is 17.5. The van der Waals surface area contributed by atoms with Gasteiger partial charge in [-0.25, -0.2) is 0 Å². The predicted octanol–water partition coefficient (Wildman–Crippen LogP) is 4.53. The van der Waals surface area contributed by atoms with Crippen molar-refractivity contribution in [3.05, 3.63) is 75.8 Å². The average Bonchev–Trinajstić information content (AvgIpc) is 2.64. The second kappa shape index (κ2) is 8.97. The molecule has 3 nitrogen and oxygen atoms in total. The van der Waals surface area contributed by atoms with Crippen molar-refractivity contribution in [3.8, 4) is 0 Å². The van der Waals surface area contributed by atoms with E-state index >= 15 is 0 Å². The largest absolute Gasteiger partial charge is 0.295 e. The summed E-state index contributed by atoms with van der Waals surface area (Å²) in [6.07, 6.45) is 3.97. The molecule has 0 unspecified atom stereocenters. The maximum Gasteiger partial charge on any atom is 0.0612 e. The van der Waals surface area contributed by atoms with Gasteiger partial charge in [-0.05, 0) is 40.1 Å². The fraction of sp³-hybridized carbons (Fsp3) is 0.286. The van der Waals surface area contributed by atoms with Gasteiger partial charge >= 0.3 is 0 Å². The van der Waals surface area contributed by atoms with Crippen LogP contribution in [0.2, 0.25) is 0 Å². The van der Waals surface area contributed by atoms with Crippen molar-refractivity contribution in [2.45, 2.75) is 13.5 Å². The maximum absolute atomic E-state index is 4.60. The summed E-state index contributed by atoms with van der Waals surface area (Å²) in [7, 11) is 0. The highest BCUT2D eigenvalue weighted by molar-refractivity contribution is 9.12. The van der Waals surface area contributed by atoms with Crippen LogP contribution in [0.1, 0.15) is 16.7 Å². The minimum atomic E-state index is 0.966. The summed E-state index contributed by atoms with van der Waals surface area (Å²) >= 11 is 3.58. The SMILES string of the molecule is Cc1ccc(CN2CCN(/N=C\C(Br)=C\c3ccccc3)CC2)cc1. The van der Waals surface area contributed by atoms with Gasteiger partial charge < -0.3 is 0 Å². The van der Waals surface area contributed by atoms with Gasteiger partial charge in [0.2, 0.25) is 0 Å². The van der Waals surface area contributed by atoms with E-state index in [0.717, 1.165) is 37.2 Å². The summed E-state index contributed by atoms with van der Waals surface area (Å²) in [6.45, 7) is 7.18. The van der Waals surface area contributed by atoms with Gasteiger partial charge in [-0.2, -0.15) is 5.10 Å². The Kier molecular flexibility index (Phi) is 6.42. The summed E-state index contributed by atoms with van der Waals surface area (Å²) < 4.78 is 0.987. The third kappa shape index (κ3) is 5.83. The molecule has 0 saturated carbocycles. The second-order valence-corrected chi connectivity index (χ2v) is 7.32. The third-order valence-corrected chi connectivity index (χ3v) is 4.76. The zero-order valence-electron chi connectivity index (χ0n) is 14.6. The summed E-state index contributed by atoms with van der Waals surface area (Å²) in [6, 6.07) is 19.1. The molecule has 130 valence electrons. The fourth-order valence-electron chi connectivity index (χ4n) is 2.85. The van der Waals surface area contributed by atoms with Gasteiger partial charge in [-0.1, -0.05) is 60.2 Å². The number of hydrogen-bond acceptors (Lipinski definition) is 3. The van der Waals surface area contributed by atoms with Crippen molar-refractivity contribution in [2.24, 2.45) is 5.10 Å². The Morgan fingerprint density at radius 1 is 1.00 bits per heavy atom. The Labute approximate surface area is 158 Å². The van der Waals surface area contributed by atoms with Crippen LogP contribution in [-0.2, 0) is 6.54 Å². The standard InChI is InChI=1S/C21H24BrN3/c1-18-7-9-20(10-8-18)17-24-11-13-25(14-12-24)23-16-21(22)15-19-5-3-2-4-6-19/h2-10,15-16H,11-14,17H2,1H3/b21-15-,23-16-.